The van der Waals surface area contributed by atoms with Crippen LogP contribution in [-0.4, -0.2) is 85.4 Å². The molecule has 3 rings (SSSR count). The Morgan fingerprint density at radius 2 is 1.67 bits per heavy atom. The number of hydrogen-bond acceptors (Lipinski definition) is 8. The van der Waals surface area contributed by atoms with Crippen LogP contribution in [-0.2, 0) is 32.0 Å². The number of aliphatic hydroxyl groups is 1. The van der Waals surface area contributed by atoms with Crippen molar-refractivity contribution in [2.24, 2.45) is 5.92 Å². The maximum absolute atomic E-state index is 13.8. The second-order valence-electron chi connectivity index (χ2n) is 12.5. The number of carboxylic acid groups (broad SMARTS) is 1. The molecule has 0 bridgehead atoms. The quantitative estimate of drug-likeness (QED) is 0.160. The SMILES string of the molecule is CC(C)(C)OC(=O)N[C@@H](Cc1ccccc1)C(=O)N[C@@H](Cc1c[nH]cn1)C(=O)N[C@@H](CC1CCCCC1)[C@@H](O)CSCC(=O)O. The number of ether oxygens (including phenoxy) is 1. The summed E-state index contributed by atoms with van der Waals surface area (Å²) in [6, 6.07) is 6.42. The number of H-pyrrole nitrogens is 1. The number of imidazole rings is 1. The number of aliphatic carboxylic acids is 1. The highest BCUT2D eigenvalue weighted by Gasteiger charge is 2.32. The van der Waals surface area contributed by atoms with Crippen LogP contribution in [0.1, 0.15) is 70.6 Å². The van der Waals surface area contributed by atoms with E-state index in [-0.39, 0.29) is 24.3 Å². The van der Waals surface area contributed by atoms with Crippen LogP contribution in [0.4, 0.5) is 4.79 Å². The summed E-state index contributed by atoms with van der Waals surface area (Å²) in [5.74, 6) is -1.78. The Morgan fingerprint density at radius 1 is 1.00 bits per heavy atom. The fourth-order valence-corrected chi connectivity index (χ4v) is 6.13. The number of benzene rings is 1. The lowest BCUT2D eigenvalue weighted by atomic mass is 9.83. The average molecular weight is 646 g/mol. The summed E-state index contributed by atoms with van der Waals surface area (Å²) in [6.45, 7) is 5.17. The number of nitrogens with zero attached hydrogens (tertiary/aromatic N) is 1. The fraction of sp³-hybridized carbons (Fsp3) is 0.594. The largest absolute Gasteiger partial charge is 0.481 e. The summed E-state index contributed by atoms with van der Waals surface area (Å²) in [4.78, 5) is 58.4. The molecule has 1 aromatic heterocycles. The van der Waals surface area contributed by atoms with Gasteiger partial charge in [0.15, 0.2) is 0 Å². The Balaban J connectivity index is 1.80. The van der Waals surface area contributed by atoms with E-state index >= 15 is 0 Å². The van der Waals surface area contributed by atoms with Crippen LogP contribution in [0.2, 0.25) is 0 Å². The number of thioether (sulfide) groups is 1. The van der Waals surface area contributed by atoms with Gasteiger partial charge in [-0.3, -0.25) is 14.4 Å². The van der Waals surface area contributed by atoms with Crippen molar-refractivity contribution in [2.45, 2.75) is 102 Å². The van der Waals surface area contributed by atoms with Gasteiger partial charge in [-0.2, -0.15) is 0 Å². The van der Waals surface area contributed by atoms with Crippen molar-refractivity contribution in [1.29, 1.82) is 0 Å². The van der Waals surface area contributed by atoms with Crippen molar-refractivity contribution in [3.63, 3.8) is 0 Å². The van der Waals surface area contributed by atoms with E-state index in [4.69, 9.17) is 9.84 Å². The number of rotatable bonds is 16. The molecule has 248 valence electrons. The van der Waals surface area contributed by atoms with Crippen LogP contribution in [0.25, 0.3) is 0 Å². The Bertz CT molecular complexity index is 1220. The standard InChI is InChI=1S/C32H47N5O7S/c1-32(2,3)44-31(43)37-25(15-22-12-8-5-9-13-22)29(41)36-26(16-23-17-33-20-34-23)30(42)35-24(14-21-10-6-4-7-11-21)27(38)18-45-19-28(39)40/h5,8-9,12-13,17,20-21,24-27,38H,4,6-7,10-11,14-16,18-19H2,1-3H3,(H,33,34)(H,35,42)(H,36,41)(H,37,43)(H,39,40)/t24-,25-,26-,27-/m0/s1. The summed E-state index contributed by atoms with van der Waals surface area (Å²) in [6.07, 6.45) is 7.43. The molecular formula is C32H47N5O7S. The van der Waals surface area contributed by atoms with E-state index in [1.165, 1.54) is 6.33 Å². The van der Waals surface area contributed by atoms with Crippen molar-refractivity contribution in [1.82, 2.24) is 25.9 Å². The number of carbonyl (C=O) groups is 4. The van der Waals surface area contributed by atoms with Gasteiger partial charge in [0, 0.05) is 24.8 Å². The van der Waals surface area contributed by atoms with Crippen molar-refractivity contribution in [2.75, 3.05) is 11.5 Å². The minimum Gasteiger partial charge on any atom is -0.481 e. The molecule has 0 spiro atoms. The number of hydrogen-bond donors (Lipinski definition) is 6. The zero-order chi connectivity index (χ0) is 32.8. The molecule has 0 saturated heterocycles. The topological polar surface area (TPSA) is 183 Å². The molecule has 1 aromatic carbocycles. The van der Waals surface area contributed by atoms with Gasteiger partial charge in [-0.1, -0.05) is 62.4 Å². The zero-order valence-electron chi connectivity index (χ0n) is 26.3. The fourth-order valence-electron chi connectivity index (χ4n) is 5.36. The first-order chi connectivity index (χ1) is 21.4. The molecule has 0 unspecified atom stereocenters. The number of alkyl carbamates (subject to hydrolysis) is 1. The van der Waals surface area contributed by atoms with E-state index in [9.17, 15) is 24.3 Å². The molecule has 45 heavy (non-hydrogen) atoms. The molecule has 1 heterocycles. The average Bonchev–Trinajstić information content (AvgIpc) is 3.49. The predicted octanol–water partition coefficient (Wildman–Crippen LogP) is 3.21. The number of aromatic amines is 1. The van der Waals surface area contributed by atoms with Crippen LogP contribution in [0.3, 0.4) is 0 Å². The normalized spacial score (nSPS) is 16.5. The second kappa shape index (κ2) is 17.8. The van der Waals surface area contributed by atoms with Crippen molar-refractivity contribution >= 4 is 35.6 Å². The van der Waals surface area contributed by atoms with Crippen LogP contribution in [0.5, 0.6) is 0 Å². The molecule has 1 aliphatic rings. The van der Waals surface area contributed by atoms with Crippen LogP contribution >= 0.6 is 11.8 Å². The molecule has 2 aromatic rings. The van der Waals surface area contributed by atoms with E-state index in [0.29, 0.717) is 18.0 Å². The Hall–Kier alpha value is -3.58. The first-order valence-corrected chi connectivity index (χ1v) is 16.6. The van der Waals surface area contributed by atoms with E-state index in [0.717, 1.165) is 49.4 Å². The third-order valence-corrected chi connectivity index (χ3v) is 8.54. The third kappa shape index (κ3) is 13.5. The number of carbonyl (C=O) groups excluding carboxylic acids is 3. The summed E-state index contributed by atoms with van der Waals surface area (Å²) < 4.78 is 5.40. The van der Waals surface area contributed by atoms with E-state index in [1.54, 1.807) is 27.0 Å². The van der Waals surface area contributed by atoms with Gasteiger partial charge < -0.3 is 35.9 Å². The summed E-state index contributed by atoms with van der Waals surface area (Å²) in [5.41, 5.74) is 0.560. The lowest BCUT2D eigenvalue weighted by Crippen LogP contribution is -2.58. The summed E-state index contributed by atoms with van der Waals surface area (Å²) in [7, 11) is 0. The summed E-state index contributed by atoms with van der Waals surface area (Å²) >= 11 is 1.09. The van der Waals surface area contributed by atoms with Crippen molar-refractivity contribution in [3.8, 4) is 0 Å². The maximum Gasteiger partial charge on any atom is 0.408 e. The van der Waals surface area contributed by atoms with Crippen molar-refractivity contribution < 1.29 is 34.1 Å². The zero-order valence-corrected chi connectivity index (χ0v) is 27.1. The molecule has 1 saturated carbocycles. The minimum atomic E-state index is -1.08. The molecule has 0 aliphatic heterocycles. The second-order valence-corrected chi connectivity index (χ2v) is 13.6. The Morgan fingerprint density at radius 3 is 2.29 bits per heavy atom. The van der Waals surface area contributed by atoms with E-state index < -0.39 is 53.7 Å². The van der Waals surface area contributed by atoms with Crippen LogP contribution < -0.4 is 16.0 Å². The van der Waals surface area contributed by atoms with Crippen LogP contribution in [0.15, 0.2) is 42.9 Å². The number of carboxylic acids is 1. The highest BCUT2D eigenvalue weighted by molar-refractivity contribution is 7.99. The summed E-state index contributed by atoms with van der Waals surface area (Å²) in [5, 5.41) is 28.5. The number of amides is 3. The molecule has 4 atom stereocenters. The highest BCUT2D eigenvalue weighted by Crippen LogP contribution is 2.28. The maximum atomic E-state index is 13.8. The van der Waals surface area contributed by atoms with Gasteiger partial charge in [-0.15, -0.1) is 11.8 Å². The minimum absolute atomic E-state index is 0.0611. The highest BCUT2D eigenvalue weighted by atomic mass is 32.2. The monoisotopic (exact) mass is 645 g/mol. The van der Waals surface area contributed by atoms with Gasteiger partial charge in [0.2, 0.25) is 11.8 Å². The lowest BCUT2D eigenvalue weighted by molar-refractivity contribution is -0.134. The van der Waals surface area contributed by atoms with Gasteiger partial charge in [0.1, 0.15) is 17.7 Å². The Kier molecular flexibility index (Phi) is 14.2. The van der Waals surface area contributed by atoms with Gasteiger partial charge in [0.25, 0.3) is 0 Å². The number of nitrogens with one attached hydrogen (secondary N) is 4. The molecule has 1 fully saturated rings. The van der Waals surface area contributed by atoms with Gasteiger partial charge in [-0.25, -0.2) is 9.78 Å². The predicted molar refractivity (Wildman–Crippen MR) is 172 cm³/mol. The molecular weight excluding hydrogens is 598 g/mol. The number of aromatic nitrogens is 2. The number of aliphatic hydroxyl groups excluding tert-OH is 1. The molecule has 12 nitrogen and oxygen atoms in total. The molecule has 6 N–H and O–H groups in total. The van der Waals surface area contributed by atoms with Gasteiger partial charge in [0.05, 0.1) is 29.9 Å². The van der Waals surface area contributed by atoms with E-state index in [2.05, 4.69) is 25.9 Å². The molecule has 0 radical (unpaired) electrons. The first-order valence-electron chi connectivity index (χ1n) is 15.5. The third-order valence-electron chi connectivity index (χ3n) is 7.51. The van der Waals surface area contributed by atoms with E-state index in [1.807, 2.05) is 30.3 Å². The lowest BCUT2D eigenvalue weighted by Gasteiger charge is -2.31. The Labute approximate surface area is 268 Å². The van der Waals surface area contributed by atoms with Crippen molar-refractivity contribution in [3.05, 3.63) is 54.1 Å². The van der Waals surface area contributed by atoms with Gasteiger partial charge in [-0.05, 0) is 38.7 Å². The van der Waals surface area contributed by atoms with Crippen LogP contribution in [0, 0.1) is 5.92 Å². The molecule has 1 aliphatic carbocycles. The molecule has 3 amide bonds. The molecule has 13 heteroatoms. The van der Waals surface area contributed by atoms with Gasteiger partial charge >= 0.3 is 12.1 Å². The first kappa shape index (κ1) is 35.9. The smallest absolute Gasteiger partial charge is 0.408 e.